The molecular weight excluding hydrogens is 393 g/mol. The van der Waals surface area contributed by atoms with Gasteiger partial charge < -0.3 is 25.4 Å². The van der Waals surface area contributed by atoms with Crippen LogP contribution in [0.25, 0.3) is 0 Å². The van der Waals surface area contributed by atoms with Gasteiger partial charge >= 0.3 is 0 Å². The minimum atomic E-state index is -0.0785. The molecule has 3 fully saturated rings. The van der Waals surface area contributed by atoms with Gasteiger partial charge in [-0.1, -0.05) is 12.1 Å². The highest BCUT2D eigenvalue weighted by Crippen LogP contribution is 2.28. The third kappa shape index (κ3) is 6.72. The van der Waals surface area contributed by atoms with E-state index >= 15 is 0 Å². The molecule has 2 atom stereocenters. The molecule has 2 unspecified atom stereocenters. The van der Waals surface area contributed by atoms with Crippen LogP contribution in [0.15, 0.2) is 18.2 Å². The Morgan fingerprint density at radius 1 is 0.903 bits per heavy atom. The maximum absolute atomic E-state index is 13.9. The fourth-order valence-corrected chi connectivity index (χ4v) is 5.13. The lowest BCUT2D eigenvalue weighted by molar-refractivity contribution is -0.191. The van der Waals surface area contributed by atoms with Crippen LogP contribution >= 0.6 is 0 Å². The van der Waals surface area contributed by atoms with Crippen molar-refractivity contribution in [2.75, 3.05) is 32.8 Å². The molecule has 0 amide bonds. The van der Waals surface area contributed by atoms with Crippen molar-refractivity contribution in [1.82, 2.24) is 16.0 Å². The lowest BCUT2D eigenvalue weighted by Crippen LogP contribution is -2.53. The zero-order chi connectivity index (χ0) is 21.6. The van der Waals surface area contributed by atoms with Crippen LogP contribution in [0.5, 0.6) is 0 Å². The summed E-state index contributed by atoms with van der Waals surface area (Å²) in [5.74, 6) is 1.58. The van der Waals surface area contributed by atoms with Gasteiger partial charge in [0.1, 0.15) is 5.82 Å². The largest absolute Gasteiger partial charge is 0.353 e. The highest BCUT2D eigenvalue weighted by Gasteiger charge is 2.26. The number of benzene rings is 1. The Balaban J connectivity index is 1.09. The Labute approximate surface area is 186 Å². The molecule has 3 N–H and O–H groups in total. The number of hydrogen-bond donors (Lipinski definition) is 3. The number of hydrogen-bond acceptors (Lipinski definition) is 5. The second-order valence-corrected chi connectivity index (χ2v) is 9.88. The van der Waals surface area contributed by atoms with Gasteiger partial charge in [-0.05, 0) is 81.4 Å². The first-order valence-electron chi connectivity index (χ1n) is 12.3. The molecule has 0 spiro atoms. The summed E-state index contributed by atoms with van der Waals surface area (Å²) < 4.78 is 25.1. The maximum Gasteiger partial charge on any atom is 0.154 e. The number of nitrogens with one attached hydrogen (secondary N) is 3. The molecule has 174 valence electrons. The Morgan fingerprint density at radius 2 is 1.65 bits per heavy atom. The van der Waals surface area contributed by atoms with Crippen molar-refractivity contribution >= 4 is 0 Å². The first kappa shape index (κ1) is 23.1. The zero-order valence-electron chi connectivity index (χ0n) is 19.2. The SMILES string of the molecule is Cc1ccc(C2CCC(CCC3CNC(CCC4COC(C)OC4)NC3)NC2)cc1F. The fourth-order valence-electron chi connectivity index (χ4n) is 5.13. The summed E-state index contributed by atoms with van der Waals surface area (Å²) in [6.07, 6.45) is 7.44. The van der Waals surface area contributed by atoms with E-state index in [2.05, 4.69) is 22.0 Å². The lowest BCUT2D eigenvalue weighted by atomic mass is 9.86. The van der Waals surface area contributed by atoms with Crippen molar-refractivity contribution in [1.29, 1.82) is 0 Å². The number of piperidine rings is 1. The van der Waals surface area contributed by atoms with Gasteiger partial charge in [-0.15, -0.1) is 0 Å². The Bertz CT molecular complexity index is 679. The summed E-state index contributed by atoms with van der Waals surface area (Å²) in [6.45, 7) is 8.60. The molecule has 0 radical (unpaired) electrons. The van der Waals surface area contributed by atoms with Gasteiger partial charge in [0.05, 0.1) is 19.4 Å². The molecule has 3 heterocycles. The van der Waals surface area contributed by atoms with Gasteiger partial charge in [-0.25, -0.2) is 4.39 Å². The predicted molar refractivity (Wildman–Crippen MR) is 122 cm³/mol. The molecule has 6 heteroatoms. The van der Waals surface area contributed by atoms with Crippen molar-refractivity contribution in [3.05, 3.63) is 35.1 Å². The molecule has 0 aromatic heterocycles. The van der Waals surface area contributed by atoms with Crippen molar-refractivity contribution in [3.63, 3.8) is 0 Å². The van der Waals surface area contributed by atoms with Crippen LogP contribution in [0, 0.1) is 24.6 Å². The zero-order valence-corrected chi connectivity index (χ0v) is 19.2. The molecule has 0 aliphatic carbocycles. The topological polar surface area (TPSA) is 54.5 Å². The molecule has 3 aliphatic heterocycles. The first-order valence-corrected chi connectivity index (χ1v) is 12.3. The van der Waals surface area contributed by atoms with E-state index in [-0.39, 0.29) is 12.1 Å². The molecule has 3 aliphatic rings. The Kier molecular flexibility index (Phi) is 8.35. The van der Waals surface area contributed by atoms with E-state index in [1.807, 2.05) is 19.9 Å². The molecule has 5 nitrogen and oxygen atoms in total. The van der Waals surface area contributed by atoms with Gasteiger partial charge in [-0.2, -0.15) is 0 Å². The number of ether oxygens (including phenoxy) is 2. The average Bonchev–Trinajstić information content (AvgIpc) is 2.80. The van der Waals surface area contributed by atoms with E-state index in [1.54, 1.807) is 6.07 Å². The third-order valence-electron chi connectivity index (χ3n) is 7.41. The van der Waals surface area contributed by atoms with Crippen molar-refractivity contribution < 1.29 is 13.9 Å². The van der Waals surface area contributed by atoms with E-state index in [0.717, 1.165) is 63.2 Å². The van der Waals surface area contributed by atoms with Crippen molar-refractivity contribution in [2.45, 2.75) is 76.8 Å². The standard InChI is InChI=1S/C25H40FN3O2/c1-17-3-6-21(11-24(17)26)22-7-9-23(27-14-22)8-4-19-12-28-25(29-13-19)10-5-20-15-30-18(2)31-16-20/h3,6,11,18-20,22-23,25,27-29H,4-5,7-10,12-16H2,1-2H3. The second-order valence-electron chi connectivity index (χ2n) is 9.88. The summed E-state index contributed by atoms with van der Waals surface area (Å²) in [7, 11) is 0. The van der Waals surface area contributed by atoms with Gasteiger partial charge in [-0.3, -0.25) is 0 Å². The Morgan fingerprint density at radius 3 is 2.32 bits per heavy atom. The van der Waals surface area contributed by atoms with Crippen LogP contribution < -0.4 is 16.0 Å². The molecule has 31 heavy (non-hydrogen) atoms. The van der Waals surface area contributed by atoms with Crippen LogP contribution in [0.1, 0.15) is 62.5 Å². The smallest absolute Gasteiger partial charge is 0.154 e. The lowest BCUT2D eigenvalue weighted by Gasteiger charge is -2.35. The number of rotatable bonds is 7. The second kappa shape index (κ2) is 11.2. The van der Waals surface area contributed by atoms with Crippen LogP contribution in [0.2, 0.25) is 0 Å². The minimum absolute atomic E-state index is 0.0434. The van der Waals surface area contributed by atoms with Crippen LogP contribution in [-0.4, -0.2) is 51.3 Å². The molecule has 0 saturated carbocycles. The van der Waals surface area contributed by atoms with Crippen LogP contribution in [-0.2, 0) is 9.47 Å². The molecule has 1 aromatic carbocycles. The summed E-state index contributed by atoms with van der Waals surface area (Å²) in [5.41, 5.74) is 1.87. The molecular formula is C25H40FN3O2. The first-order chi connectivity index (χ1) is 15.1. The number of halogens is 1. The quantitative estimate of drug-likeness (QED) is 0.613. The Hall–Kier alpha value is -1.05. The normalized spacial score (nSPS) is 34.5. The van der Waals surface area contributed by atoms with Gasteiger partial charge in [0.15, 0.2) is 6.29 Å². The molecule has 1 aromatic rings. The molecule has 4 rings (SSSR count). The minimum Gasteiger partial charge on any atom is -0.353 e. The van der Waals surface area contributed by atoms with Crippen molar-refractivity contribution in [3.8, 4) is 0 Å². The van der Waals surface area contributed by atoms with E-state index in [0.29, 0.717) is 30.0 Å². The monoisotopic (exact) mass is 433 g/mol. The predicted octanol–water partition coefficient (Wildman–Crippen LogP) is 3.67. The third-order valence-corrected chi connectivity index (χ3v) is 7.41. The van der Waals surface area contributed by atoms with E-state index in [1.165, 1.54) is 19.3 Å². The number of aryl methyl sites for hydroxylation is 1. The maximum atomic E-state index is 13.9. The van der Waals surface area contributed by atoms with Gasteiger partial charge in [0.2, 0.25) is 0 Å². The van der Waals surface area contributed by atoms with Crippen LogP contribution in [0.3, 0.4) is 0 Å². The van der Waals surface area contributed by atoms with E-state index in [9.17, 15) is 4.39 Å². The van der Waals surface area contributed by atoms with Crippen LogP contribution in [0.4, 0.5) is 4.39 Å². The van der Waals surface area contributed by atoms with Crippen molar-refractivity contribution in [2.24, 2.45) is 11.8 Å². The summed E-state index contributed by atoms with van der Waals surface area (Å²) in [6, 6.07) is 6.32. The fraction of sp³-hybridized carbons (Fsp3) is 0.760. The summed E-state index contributed by atoms with van der Waals surface area (Å²) >= 11 is 0. The van der Waals surface area contributed by atoms with E-state index in [4.69, 9.17) is 9.47 Å². The summed E-state index contributed by atoms with van der Waals surface area (Å²) in [5, 5.41) is 11.1. The highest BCUT2D eigenvalue weighted by atomic mass is 19.1. The van der Waals surface area contributed by atoms with Gasteiger partial charge in [0, 0.05) is 31.6 Å². The molecule has 3 saturated heterocycles. The van der Waals surface area contributed by atoms with Gasteiger partial charge in [0.25, 0.3) is 0 Å². The molecule has 0 bridgehead atoms. The average molecular weight is 434 g/mol. The highest BCUT2D eigenvalue weighted by molar-refractivity contribution is 5.26. The van der Waals surface area contributed by atoms with E-state index < -0.39 is 0 Å². The summed E-state index contributed by atoms with van der Waals surface area (Å²) in [4.78, 5) is 0.